The summed E-state index contributed by atoms with van der Waals surface area (Å²) in [6, 6.07) is 17.7. The molecule has 0 saturated carbocycles. The number of para-hydroxylation sites is 1. The van der Waals surface area contributed by atoms with Crippen LogP contribution in [0.4, 0.5) is 5.13 Å². The summed E-state index contributed by atoms with van der Waals surface area (Å²) in [5, 5.41) is 0.648. The molecule has 0 unspecified atom stereocenters. The molecule has 0 fully saturated rings. The monoisotopic (exact) mass is 417 g/mol. The molecule has 30 heavy (non-hydrogen) atoms. The fourth-order valence-corrected chi connectivity index (χ4v) is 4.41. The van der Waals surface area contributed by atoms with E-state index in [1.807, 2.05) is 55.5 Å². The van der Waals surface area contributed by atoms with Gasteiger partial charge in [-0.3, -0.25) is 14.7 Å². The molecule has 0 aliphatic rings. The predicted molar refractivity (Wildman–Crippen MR) is 121 cm³/mol. The number of aryl methyl sites for hydroxylation is 2. The zero-order chi connectivity index (χ0) is 21.1. The zero-order valence-corrected chi connectivity index (χ0v) is 18.1. The van der Waals surface area contributed by atoms with E-state index in [9.17, 15) is 4.79 Å². The van der Waals surface area contributed by atoms with Crippen molar-refractivity contribution in [3.63, 3.8) is 0 Å². The van der Waals surface area contributed by atoms with Gasteiger partial charge < -0.3 is 4.74 Å². The Labute approximate surface area is 180 Å². The van der Waals surface area contributed by atoms with E-state index in [1.54, 1.807) is 18.2 Å². The van der Waals surface area contributed by atoms with Gasteiger partial charge in [-0.15, -0.1) is 0 Å². The normalized spacial score (nSPS) is 10.9. The summed E-state index contributed by atoms with van der Waals surface area (Å²) < 4.78 is 6.43. The molecule has 2 heterocycles. The van der Waals surface area contributed by atoms with Crippen LogP contribution in [-0.2, 0) is 17.8 Å². The van der Waals surface area contributed by atoms with Gasteiger partial charge in [0.1, 0.15) is 11.3 Å². The van der Waals surface area contributed by atoms with Crippen molar-refractivity contribution in [2.75, 3.05) is 12.0 Å². The van der Waals surface area contributed by atoms with Gasteiger partial charge in [0.2, 0.25) is 5.91 Å². The molecule has 0 aliphatic carbocycles. The van der Waals surface area contributed by atoms with Gasteiger partial charge >= 0.3 is 0 Å². The van der Waals surface area contributed by atoms with Gasteiger partial charge in [-0.25, -0.2) is 4.98 Å². The third-order valence-corrected chi connectivity index (χ3v) is 6.05. The quantitative estimate of drug-likeness (QED) is 0.438. The molecule has 1 amide bonds. The summed E-state index contributed by atoms with van der Waals surface area (Å²) in [7, 11) is 1.63. The number of hydrogen-bond acceptors (Lipinski definition) is 5. The molecule has 5 nitrogen and oxygen atoms in total. The summed E-state index contributed by atoms with van der Waals surface area (Å²) in [5.41, 5.74) is 4.91. The maximum absolute atomic E-state index is 13.4. The summed E-state index contributed by atoms with van der Waals surface area (Å²) in [5.74, 6) is 0.695. The average Bonchev–Trinajstić information content (AvgIpc) is 3.18. The van der Waals surface area contributed by atoms with Gasteiger partial charge in [0.25, 0.3) is 0 Å². The second-order valence-corrected chi connectivity index (χ2v) is 8.22. The van der Waals surface area contributed by atoms with Crippen LogP contribution in [0.15, 0.2) is 60.8 Å². The number of thiazole rings is 1. The minimum Gasteiger partial charge on any atom is -0.494 e. The Morgan fingerprint density at radius 1 is 1.10 bits per heavy atom. The first kappa shape index (κ1) is 20.0. The first-order chi connectivity index (χ1) is 14.5. The number of carbonyl (C=O) groups excluding carboxylic acids is 1. The number of rotatable bonds is 6. The Hall–Kier alpha value is -3.25. The van der Waals surface area contributed by atoms with Crippen LogP contribution in [0.25, 0.3) is 10.2 Å². The Bertz CT molecular complexity index is 1190. The van der Waals surface area contributed by atoms with Crippen molar-refractivity contribution >= 4 is 32.6 Å². The number of pyridine rings is 1. The number of anilines is 1. The molecule has 2 aromatic heterocycles. The van der Waals surface area contributed by atoms with Crippen molar-refractivity contribution in [3.8, 4) is 5.75 Å². The van der Waals surface area contributed by atoms with Crippen LogP contribution >= 0.6 is 11.3 Å². The molecule has 152 valence electrons. The van der Waals surface area contributed by atoms with E-state index in [4.69, 9.17) is 9.72 Å². The van der Waals surface area contributed by atoms with E-state index in [0.29, 0.717) is 23.8 Å². The second kappa shape index (κ2) is 8.63. The van der Waals surface area contributed by atoms with E-state index in [-0.39, 0.29) is 5.91 Å². The van der Waals surface area contributed by atoms with Crippen molar-refractivity contribution in [1.29, 1.82) is 0 Å². The number of methoxy groups -OCH3 is 1. The molecule has 0 bridgehead atoms. The number of nitrogens with zero attached hydrogens (tertiary/aromatic N) is 3. The largest absolute Gasteiger partial charge is 0.494 e. The lowest BCUT2D eigenvalue weighted by molar-refractivity contribution is -0.118. The maximum Gasteiger partial charge on any atom is 0.233 e. The number of carbonyl (C=O) groups is 1. The molecule has 6 heteroatoms. The van der Waals surface area contributed by atoms with E-state index < -0.39 is 0 Å². The lowest BCUT2D eigenvalue weighted by Gasteiger charge is -2.20. The average molecular weight is 418 g/mol. The lowest BCUT2D eigenvalue weighted by Crippen LogP contribution is -2.32. The number of amides is 1. The molecule has 0 aliphatic heterocycles. The van der Waals surface area contributed by atoms with Gasteiger partial charge in [-0.05, 0) is 49.2 Å². The molecule has 2 aromatic carbocycles. The molecule has 4 rings (SSSR count). The molecule has 0 N–H and O–H groups in total. The lowest BCUT2D eigenvalue weighted by atomic mass is 10.0. The van der Waals surface area contributed by atoms with E-state index in [0.717, 1.165) is 27.0 Å². The SMILES string of the molecule is COc1cccc2sc(N(Cc3ccccn3)C(=O)Cc3ccc(C)cc3C)nc12. The molecule has 0 spiro atoms. The number of ether oxygens (including phenoxy) is 1. The van der Waals surface area contributed by atoms with Crippen molar-refractivity contribution in [3.05, 3.63) is 83.2 Å². The van der Waals surface area contributed by atoms with Crippen LogP contribution in [0, 0.1) is 13.8 Å². The fraction of sp³-hybridized carbons (Fsp3) is 0.208. The maximum atomic E-state index is 13.4. The third-order valence-electron chi connectivity index (χ3n) is 5.01. The molecule has 4 aromatic rings. The number of fused-ring (bicyclic) bond motifs is 1. The van der Waals surface area contributed by atoms with Gasteiger partial charge in [-0.1, -0.05) is 47.2 Å². The predicted octanol–water partition coefficient (Wildman–Crippen LogP) is 5.09. The van der Waals surface area contributed by atoms with Crippen molar-refractivity contribution < 1.29 is 9.53 Å². The zero-order valence-electron chi connectivity index (χ0n) is 17.3. The minimum atomic E-state index is -0.00868. The highest BCUT2D eigenvalue weighted by Gasteiger charge is 2.22. The van der Waals surface area contributed by atoms with E-state index in [1.165, 1.54) is 16.9 Å². The minimum absolute atomic E-state index is 0.00868. The number of hydrogen-bond donors (Lipinski definition) is 0. The van der Waals surface area contributed by atoms with Crippen LogP contribution in [0.2, 0.25) is 0 Å². The van der Waals surface area contributed by atoms with Crippen LogP contribution in [0.1, 0.15) is 22.4 Å². The van der Waals surface area contributed by atoms with Crippen molar-refractivity contribution in [1.82, 2.24) is 9.97 Å². The first-order valence-electron chi connectivity index (χ1n) is 9.75. The van der Waals surface area contributed by atoms with Gasteiger partial charge in [-0.2, -0.15) is 0 Å². The summed E-state index contributed by atoms with van der Waals surface area (Å²) in [4.78, 5) is 24.3. The smallest absolute Gasteiger partial charge is 0.233 e. The van der Waals surface area contributed by atoms with Gasteiger partial charge in [0, 0.05) is 6.20 Å². The molecule has 0 atom stereocenters. The Kier molecular flexibility index (Phi) is 5.77. The van der Waals surface area contributed by atoms with Crippen LogP contribution in [0.5, 0.6) is 5.75 Å². The first-order valence-corrected chi connectivity index (χ1v) is 10.6. The molecular formula is C24H23N3O2S. The van der Waals surface area contributed by atoms with Crippen molar-refractivity contribution in [2.45, 2.75) is 26.8 Å². The highest BCUT2D eigenvalue weighted by Crippen LogP contribution is 2.35. The Morgan fingerprint density at radius 2 is 1.97 bits per heavy atom. The highest BCUT2D eigenvalue weighted by atomic mass is 32.1. The Balaban J connectivity index is 1.71. The van der Waals surface area contributed by atoms with E-state index in [2.05, 4.69) is 18.0 Å². The molecular weight excluding hydrogens is 394 g/mol. The van der Waals surface area contributed by atoms with Crippen LogP contribution < -0.4 is 9.64 Å². The summed E-state index contributed by atoms with van der Waals surface area (Å²) in [6.45, 7) is 4.47. The van der Waals surface area contributed by atoms with Crippen LogP contribution in [0.3, 0.4) is 0 Å². The van der Waals surface area contributed by atoms with Crippen molar-refractivity contribution in [2.24, 2.45) is 0 Å². The summed E-state index contributed by atoms with van der Waals surface area (Å²) in [6.07, 6.45) is 2.05. The number of aromatic nitrogens is 2. The van der Waals surface area contributed by atoms with Crippen LogP contribution in [-0.4, -0.2) is 23.0 Å². The van der Waals surface area contributed by atoms with E-state index >= 15 is 0 Å². The summed E-state index contributed by atoms with van der Waals surface area (Å²) >= 11 is 1.49. The Morgan fingerprint density at radius 3 is 2.70 bits per heavy atom. The molecule has 0 radical (unpaired) electrons. The topological polar surface area (TPSA) is 55.3 Å². The third kappa shape index (κ3) is 4.19. The molecule has 0 saturated heterocycles. The highest BCUT2D eigenvalue weighted by molar-refractivity contribution is 7.22. The van der Waals surface area contributed by atoms with Gasteiger partial charge in [0.05, 0.1) is 30.5 Å². The number of benzene rings is 2. The van der Waals surface area contributed by atoms with Gasteiger partial charge in [0.15, 0.2) is 5.13 Å². The second-order valence-electron chi connectivity index (χ2n) is 7.21. The fourth-order valence-electron chi connectivity index (χ4n) is 3.41. The standard InChI is InChI=1S/C24H23N3O2S/c1-16-10-11-18(17(2)13-16)14-22(28)27(15-19-7-4-5-12-25-19)24-26-23-20(29-3)8-6-9-21(23)30-24/h4-13H,14-15H2,1-3H3.